The van der Waals surface area contributed by atoms with Crippen LogP contribution in [0.3, 0.4) is 0 Å². The summed E-state index contributed by atoms with van der Waals surface area (Å²) in [6.07, 6.45) is 0.598. The highest BCUT2D eigenvalue weighted by Gasteiger charge is 2.34. The minimum Gasteiger partial charge on any atom is -0.448 e. The molecule has 0 aromatic heterocycles. The molecule has 0 saturated carbocycles. The summed E-state index contributed by atoms with van der Waals surface area (Å²) in [5, 5.41) is 0. The molecule has 4 nitrogen and oxygen atoms in total. The van der Waals surface area contributed by atoms with E-state index >= 15 is 0 Å². The molecule has 2 aliphatic rings. The third kappa shape index (κ3) is 2.50. The lowest BCUT2D eigenvalue weighted by Gasteiger charge is -2.33. The van der Waals surface area contributed by atoms with Crippen LogP contribution in [-0.4, -0.2) is 29.4 Å². The van der Waals surface area contributed by atoms with E-state index in [1.807, 2.05) is 30.3 Å². The van der Waals surface area contributed by atoms with Crippen molar-refractivity contribution in [2.75, 3.05) is 6.54 Å². The summed E-state index contributed by atoms with van der Waals surface area (Å²) in [5.41, 5.74) is 3.93. The van der Waals surface area contributed by atoms with Crippen LogP contribution in [0.25, 0.3) is 0 Å². The van der Waals surface area contributed by atoms with Gasteiger partial charge in [0.25, 0.3) is 5.91 Å². The first-order chi connectivity index (χ1) is 11.2. The third-order valence-electron chi connectivity index (χ3n) is 4.61. The Balaban J connectivity index is 1.54. The van der Waals surface area contributed by atoms with Gasteiger partial charge in [-0.25, -0.2) is 4.79 Å². The molecule has 1 unspecified atom stereocenters. The predicted octanol–water partition coefficient (Wildman–Crippen LogP) is 2.35. The molecule has 0 N–H and O–H groups in total. The Morgan fingerprint density at radius 3 is 2.52 bits per heavy atom. The van der Waals surface area contributed by atoms with Crippen LogP contribution >= 0.6 is 0 Å². The normalized spacial score (nSPS) is 19.6. The highest BCUT2D eigenvalue weighted by Crippen LogP contribution is 2.24. The van der Waals surface area contributed by atoms with Gasteiger partial charge in [0.2, 0.25) is 0 Å². The van der Waals surface area contributed by atoms with Crippen LogP contribution in [0.4, 0.5) is 0 Å². The Labute approximate surface area is 134 Å². The first kappa shape index (κ1) is 14.0. The minimum atomic E-state index is -0.706. The van der Waals surface area contributed by atoms with Crippen LogP contribution in [-0.2, 0) is 28.9 Å². The molecule has 2 aromatic rings. The van der Waals surface area contributed by atoms with Crippen LogP contribution in [0, 0.1) is 0 Å². The molecule has 23 heavy (non-hydrogen) atoms. The number of hydrogen-bond donors (Lipinski definition) is 0. The minimum absolute atomic E-state index is 0.0950. The number of cyclic esters (lactones) is 1. The Hall–Kier alpha value is -2.62. The zero-order chi connectivity index (χ0) is 15.8. The van der Waals surface area contributed by atoms with Gasteiger partial charge in [-0.15, -0.1) is 0 Å². The maximum atomic E-state index is 12.8. The van der Waals surface area contributed by atoms with Gasteiger partial charge >= 0.3 is 5.97 Å². The van der Waals surface area contributed by atoms with E-state index in [9.17, 15) is 9.59 Å². The van der Waals surface area contributed by atoms with Crippen LogP contribution in [0.1, 0.15) is 27.0 Å². The second-order valence-corrected chi connectivity index (χ2v) is 6.03. The number of esters is 1. The molecule has 1 amide bonds. The number of hydrogen-bond acceptors (Lipinski definition) is 3. The Morgan fingerprint density at radius 1 is 1.00 bits per heavy atom. The van der Waals surface area contributed by atoms with Crippen LogP contribution < -0.4 is 0 Å². The highest BCUT2D eigenvalue weighted by atomic mass is 16.5. The fraction of sp³-hybridized carbons (Fsp3) is 0.263. The molecule has 0 saturated heterocycles. The van der Waals surface area contributed by atoms with Gasteiger partial charge < -0.3 is 9.64 Å². The summed E-state index contributed by atoms with van der Waals surface area (Å²) in [6.45, 7) is 1.26. The van der Waals surface area contributed by atoms with E-state index < -0.39 is 12.1 Å². The van der Waals surface area contributed by atoms with Gasteiger partial charge in [0.05, 0.1) is 5.56 Å². The molecule has 2 aromatic carbocycles. The molecule has 0 bridgehead atoms. The molecule has 0 aliphatic carbocycles. The molecule has 2 heterocycles. The molecular formula is C19H17NO3. The molecule has 0 radical (unpaired) electrons. The summed E-state index contributed by atoms with van der Waals surface area (Å²) >= 11 is 0. The van der Waals surface area contributed by atoms with E-state index in [2.05, 4.69) is 12.1 Å². The van der Waals surface area contributed by atoms with Crippen molar-refractivity contribution in [2.45, 2.75) is 25.5 Å². The van der Waals surface area contributed by atoms with Crippen LogP contribution in [0.2, 0.25) is 0 Å². The van der Waals surface area contributed by atoms with Gasteiger partial charge in [-0.2, -0.15) is 0 Å². The average Bonchev–Trinajstić information content (AvgIpc) is 2.60. The van der Waals surface area contributed by atoms with Gasteiger partial charge in [-0.1, -0.05) is 42.5 Å². The molecule has 0 spiro atoms. The van der Waals surface area contributed by atoms with Crippen molar-refractivity contribution >= 4 is 11.9 Å². The largest absolute Gasteiger partial charge is 0.448 e. The number of carbonyl (C=O) groups is 2. The molecule has 1 atom stereocenters. The van der Waals surface area contributed by atoms with Gasteiger partial charge in [0.1, 0.15) is 0 Å². The molecule has 2 aliphatic heterocycles. The number of nitrogens with zero attached hydrogens (tertiary/aromatic N) is 1. The summed E-state index contributed by atoms with van der Waals surface area (Å²) < 4.78 is 5.39. The SMILES string of the molecule is O=C1OC(C(=O)N2CCc3ccccc3C2)Cc2ccccc21. The Bertz CT molecular complexity index is 784. The Kier molecular flexibility index (Phi) is 3.37. The summed E-state index contributed by atoms with van der Waals surface area (Å²) in [5.74, 6) is -0.495. The van der Waals surface area contributed by atoms with Crippen molar-refractivity contribution < 1.29 is 14.3 Å². The molecule has 116 valence electrons. The number of ether oxygens (including phenoxy) is 1. The maximum Gasteiger partial charge on any atom is 0.339 e. The maximum absolute atomic E-state index is 12.8. The van der Waals surface area contributed by atoms with E-state index in [0.717, 1.165) is 12.0 Å². The van der Waals surface area contributed by atoms with Crippen molar-refractivity contribution in [3.63, 3.8) is 0 Å². The van der Waals surface area contributed by atoms with Gasteiger partial charge in [-0.3, -0.25) is 4.79 Å². The van der Waals surface area contributed by atoms with Crippen molar-refractivity contribution in [3.05, 3.63) is 70.8 Å². The summed E-state index contributed by atoms with van der Waals surface area (Å²) in [4.78, 5) is 26.7. The van der Waals surface area contributed by atoms with E-state index in [0.29, 0.717) is 25.1 Å². The van der Waals surface area contributed by atoms with E-state index in [-0.39, 0.29) is 5.91 Å². The lowest BCUT2D eigenvalue weighted by molar-refractivity contribution is -0.142. The van der Waals surface area contributed by atoms with Crippen molar-refractivity contribution in [3.8, 4) is 0 Å². The lowest BCUT2D eigenvalue weighted by Crippen LogP contribution is -2.46. The van der Waals surface area contributed by atoms with Crippen LogP contribution in [0.15, 0.2) is 48.5 Å². The lowest BCUT2D eigenvalue weighted by atomic mass is 9.96. The fourth-order valence-corrected chi connectivity index (χ4v) is 3.36. The summed E-state index contributed by atoms with van der Waals surface area (Å²) in [7, 11) is 0. The number of amides is 1. The number of carbonyl (C=O) groups excluding carboxylic acids is 2. The van der Waals surface area contributed by atoms with Crippen LogP contribution in [0.5, 0.6) is 0 Å². The van der Waals surface area contributed by atoms with E-state index in [1.54, 1.807) is 11.0 Å². The Morgan fingerprint density at radius 2 is 1.70 bits per heavy atom. The van der Waals surface area contributed by atoms with Gasteiger partial charge in [-0.05, 0) is 29.2 Å². The number of rotatable bonds is 1. The van der Waals surface area contributed by atoms with E-state index in [1.165, 1.54) is 11.1 Å². The highest BCUT2D eigenvalue weighted by molar-refractivity contribution is 5.95. The van der Waals surface area contributed by atoms with Crippen molar-refractivity contribution in [1.29, 1.82) is 0 Å². The first-order valence-electron chi connectivity index (χ1n) is 7.87. The predicted molar refractivity (Wildman–Crippen MR) is 84.9 cm³/mol. The third-order valence-corrected chi connectivity index (χ3v) is 4.61. The van der Waals surface area contributed by atoms with Crippen molar-refractivity contribution in [1.82, 2.24) is 4.90 Å². The average molecular weight is 307 g/mol. The molecule has 4 rings (SSSR count). The topological polar surface area (TPSA) is 46.6 Å². The van der Waals surface area contributed by atoms with Gasteiger partial charge in [0, 0.05) is 19.5 Å². The second-order valence-electron chi connectivity index (χ2n) is 6.03. The standard InChI is InChI=1S/C19H17NO3/c21-18(20-10-9-13-5-1-2-7-15(13)12-20)17-11-14-6-3-4-8-16(14)19(22)23-17/h1-8,17H,9-12H2. The smallest absolute Gasteiger partial charge is 0.339 e. The molecular weight excluding hydrogens is 290 g/mol. The summed E-state index contributed by atoms with van der Waals surface area (Å²) in [6, 6.07) is 15.5. The van der Waals surface area contributed by atoms with Gasteiger partial charge in [0.15, 0.2) is 6.10 Å². The molecule has 0 fully saturated rings. The monoisotopic (exact) mass is 307 g/mol. The van der Waals surface area contributed by atoms with E-state index in [4.69, 9.17) is 4.74 Å². The zero-order valence-electron chi connectivity index (χ0n) is 12.7. The number of benzene rings is 2. The fourth-order valence-electron chi connectivity index (χ4n) is 3.36. The quantitative estimate of drug-likeness (QED) is 0.760. The second kappa shape index (κ2) is 5.54. The zero-order valence-corrected chi connectivity index (χ0v) is 12.7. The van der Waals surface area contributed by atoms with Crippen molar-refractivity contribution in [2.24, 2.45) is 0 Å². The first-order valence-corrected chi connectivity index (χ1v) is 7.87. The number of fused-ring (bicyclic) bond motifs is 2. The molecule has 4 heteroatoms.